The van der Waals surface area contributed by atoms with Crippen molar-refractivity contribution in [3.63, 3.8) is 0 Å². The molecular formula is C12H22N2O2. The van der Waals surface area contributed by atoms with Gasteiger partial charge in [-0.3, -0.25) is 4.79 Å². The van der Waals surface area contributed by atoms with Crippen LogP contribution < -0.4 is 5.32 Å². The van der Waals surface area contributed by atoms with Crippen LogP contribution in [0.25, 0.3) is 0 Å². The maximum absolute atomic E-state index is 12.2. The van der Waals surface area contributed by atoms with Crippen LogP contribution in [0.2, 0.25) is 0 Å². The molecule has 2 atom stereocenters. The summed E-state index contributed by atoms with van der Waals surface area (Å²) in [5.74, 6) is 0.739. The zero-order chi connectivity index (χ0) is 11.5. The average molecular weight is 226 g/mol. The van der Waals surface area contributed by atoms with Gasteiger partial charge in [0.1, 0.15) is 0 Å². The molecule has 2 saturated heterocycles. The first-order valence-electron chi connectivity index (χ1n) is 6.36. The highest BCUT2D eigenvalue weighted by Gasteiger charge is 2.31. The topological polar surface area (TPSA) is 52.6 Å². The van der Waals surface area contributed by atoms with Gasteiger partial charge < -0.3 is 15.3 Å². The summed E-state index contributed by atoms with van der Waals surface area (Å²) >= 11 is 0. The third kappa shape index (κ3) is 2.55. The molecule has 0 aromatic heterocycles. The Bertz CT molecular complexity index is 251. The molecule has 4 nitrogen and oxygen atoms in total. The van der Waals surface area contributed by atoms with Gasteiger partial charge in [0.25, 0.3) is 0 Å². The smallest absolute Gasteiger partial charge is 0.225 e. The number of hydrogen-bond acceptors (Lipinski definition) is 3. The van der Waals surface area contributed by atoms with E-state index in [1.807, 2.05) is 11.8 Å². The van der Waals surface area contributed by atoms with Gasteiger partial charge in [-0.2, -0.15) is 0 Å². The number of nitrogens with one attached hydrogen (secondary N) is 1. The zero-order valence-corrected chi connectivity index (χ0v) is 9.98. The molecule has 2 heterocycles. The molecule has 92 valence electrons. The molecule has 16 heavy (non-hydrogen) atoms. The number of piperidine rings is 2. The molecule has 0 aromatic rings. The SMILES string of the molecule is CC1CN(C(=O)C2CCNCC2)CCC1O. The number of likely N-dealkylation sites (tertiary alicyclic amines) is 1. The molecule has 0 spiro atoms. The molecular weight excluding hydrogens is 204 g/mol. The molecule has 0 aliphatic carbocycles. The highest BCUT2D eigenvalue weighted by molar-refractivity contribution is 5.79. The van der Waals surface area contributed by atoms with Crippen LogP contribution in [-0.4, -0.2) is 48.2 Å². The minimum atomic E-state index is -0.225. The highest BCUT2D eigenvalue weighted by atomic mass is 16.3. The fraction of sp³-hybridized carbons (Fsp3) is 0.917. The van der Waals surface area contributed by atoms with E-state index in [1.54, 1.807) is 0 Å². The number of carbonyl (C=O) groups is 1. The van der Waals surface area contributed by atoms with Crippen molar-refractivity contribution in [2.75, 3.05) is 26.2 Å². The molecule has 2 rings (SSSR count). The lowest BCUT2D eigenvalue weighted by Gasteiger charge is -2.37. The Morgan fingerprint density at radius 2 is 2.00 bits per heavy atom. The Balaban J connectivity index is 1.89. The van der Waals surface area contributed by atoms with Crippen molar-refractivity contribution in [3.05, 3.63) is 0 Å². The number of amides is 1. The summed E-state index contributed by atoms with van der Waals surface area (Å²) < 4.78 is 0. The fourth-order valence-electron chi connectivity index (χ4n) is 2.66. The highest BCUT2D eigenvalue weighted by Crippen LogP contribution is 2.21. The van der Waals surface area contributed by atoms with Crippen molar-refractivity contribution in [1.29, 1.82) is 0 Å². The van der Waals surface area contributed by atoms with E-state index in [0.29, 0.717) is 5.91 Å². The molecule has 2 aliphatic rings. The third-order valence-corrected chi connectivity index (χ3v) is 3.86. The van der Waals surface area contributed by atoms with Crippen LogP contribution in [0.15, 0.2) is 0 Å². The molecule has 0 aromatic carbocycles. The van der Waals surface area contributed by atoms with E-state index in [1.165, 1.54) is 0 Å². The second-order valence-corrected chi connectivity index (χ2v) is 5.14. The van der Waals surface area contributed by atoms with Crippen molar-refractivity contribution in [2.45, 2.75) is 32.3 Å². The molecule has 0 radical (unpaired) electrons. The van der Waals surface area contributed by atoms with Gasteiger partial charge in [0, 0.05) is 19.0 Å². The summed E-state index contributed by atoms with van der Waals surface area (Å²) in [5.41, 5.74) is 0. The molecule has 0 saturated carbocycles. The van der Waals surface area contributed by atoms with E-state index in [0.717, 1.165) is 45.4 Å². The number of carbonyl (C=O) groups excluding carboxylic acids is 1. The summed E-state index contributed by atoms with van der Waals surface area (Å²) in [5, 5.41) is 12.9. The summed E-state index contributed by atoms with van der Waals surface area (Å²) in [6.45, 7) is 5.40. The van der Waals surface area contributed by atoms with Crippen LogP contribution in [0, 0.1) is 11.8 Å². The Hall–Kier alpha value is -0.610. The van der Waals surface area contributed by atoms with Crippen LogP contribution in [0.3, 0.4) is 0 Å². The molecule has 2 unspecified atom stereocenters. The van der Waals surface area contributed by atoms with Crippen molar-refractivity contribution in [3.8, 4) is 0 Å². The summed E-state index contributed by atoms with van der Waals surface area (Å²) in [4.78, 5) is 14.2. The monoisotopic (exact) mass is 226 g/mol. The summed E-state index contributed by atoms with van der Waals surface area (Å²) in [6.07, 6.45) is 2.44. The Morgan fingerprint density at radius 1 is 1.31 bits per heavy atom. The van der Waals surface area contributed by atoms with Gasteiger partial charge in [-0.05, 0) is 38.3 Å². The summed E-state index contributed by atoms with van der Waals surface area (Å²) in [6, 6.07) is 0. The van der Waals surface area contributed by atoms with Gasteiger partial charge in [0.05, 0.1) is 6.10 Å². The maximum Gasteiger partial charge on any atom is 0.225 e. The Morgan fingerprint density at radius 3 is 2.62 bits per heavy atom. The van der Waals surface area contributed by atoms with Gasteiger partial charge in [-0.15, -0.1) is 0 Å². The largest absolute Gasteiger partial charge is 0.393 e. The second-order valence-electron chi connectivity index (χ2n) is 5.14. The van der Waals surface area contributed by atoms with Crippen molar-refractivity contribution >= 4 is 5.91 Å². The first-order chi connectivity index (χ1) is 7.68. The standard InChI is InChI=1S/C12H22N2O2/c1-9-8-14(7-4-11(9)15)12(16)10-2-5-13-6-3-10/h9-11,13,15H,2-8H2,1H3. The van der Waals surface area contributed by atoms with Crippen LogP contribution in [0.5, 0.6) is 0 Å². The molecule has 2 N–H and O–H groups in total. The number of nitrogens with zero attached hydrogens (tertiary/aromatic N) is 1. The number of rotatable bonds is 1. The summed E-state index contributed by atoms with van der Waals surface area (Å²) in [7, 11) is 0. The van der Waals surface area contributed by atoms with E-state index in [4.69, 9.17) is 0 Å². The van der Waals surface area contributed by atoms with E-state index in [-0.39, 0.29) is 17.9 Å². The van der Waals surface area contributed by atoms with Crippen molar-refractivity contribution in [2.24, 2.45) is 11.8 Å². The van der Waals surface area contributed by atoms with Gasteiger partial charge in [0.2, 0.25) is 5.91 Å². The quantitative estimate of drug-likeness (QED) is 0.672. The molecule has 1 amide bonds. The van der Waals surface area contributed by atoms with Gasteiger partial charge >= 0.3 is 0 Å². The lowest BCUT2D eigenvalue weighted by molar-refractivity contribution is -0.139. The van der Waals surface area contributed by atoms with E-state index in [2.05, 4.69) is 5.32 Å². The Kier molecular flexibility index (Phi) is 3.82. The number of aliphatic hydroxyl groups is 1. The average Bonchev–Trinajstić information content (AvgIpc) is 2.33. The van der Waals surface area contributed by atoms with Gasteiger partial charge in [-0.1, -0.05) is 6.92 Å². The number of hydrogen-bond donors (Lipinski definition) is 2. The van der Waals surface area contributed by atoms with Gasteiger partial charge in [0.15, 0.2) is 0 Å². The lowest BCUT2D eigenvalue weighted by Crippen LogP contribution is -2.48. The van der Waals surface area contributed by atoms with Crippen LogP contribution >= 0.6 is 0 Å². The second kappa shape index (κ2) is 5.15. The minimum Gasteiger partial charge on any atom is -0.393 e. The number of aliphatic hydroxyl groups excluding tert-OH is 1. The lowest BCUT2D eigenvalue weighted by atomic mass is 9.92. The predicted octanol–water partition coefficient (Wildman–Crippen LogP) is 0.215. The molecule has 2 aliphatic heterocycles. The van der Waals surface area contributed by atoms with Crippen LogP contribution in [0.1, 0.15) is 26.2 Å². The predicted molar refractivity (Wildman–Crippen MR) is 62.0 cm³/mol. The third-order valence-electron chi connectivity index (χ3n) is 3.86. The van der Waals surface area contributed by atoms with Gasteiger partial charge in [-0.25, -0.2) is 0 Å². The van der Waals surface area contributed by atoms with E-state index >= 15 is 0 Å². The zero-order valence-electron chi connectivity index (χ0n) is 9.98. The first kappa shape index (κ1) is 11.9. The van der Waals surface area contributed by atoms with Crippen molar-refractivity contribution < 1.29 is 9.90 Å². The fourth-order valence-corrected chi connectivity index (χ4v) is 2.66. The van der Waals surface area contributed by atoms with Crippen LogP contribution in [0.4, 0.5) is 0 Å². The first-order valence-corrected chi connectivity index (χ1v) is 6.36. The van der Waals surface area contributed by atoms with E-state index < -0.39 is 0 Å². The molecule has 4 heteroatoms. The maximum atomic E-state index is 12.2. The molecule has 0 bridgehead atoms. The van der Waals surface area contributed by atoms with Crippen molar-refractivity contribution in [1.82, 2.24) is 10.2 Å². The molecule has 2 fully saturated rings. The van der Waals surface area contributed by atoms with E-state index in [9.17, 15) is 9.90 Å². The minimum absolute atomic E-state index is 0.212. The van der Waals surface area contributed by atoms with Crippen LogP contribution in [-0.2, 0) is 4.79 Å². The normalized spacial score (nSPS) is 32.8. The Labute approximate surface area is 97.0 Å².